The molecule has 0 radical (unpaired) electrons. The lowest BCUT2D eigenvalue weighted by atomic mass is 10.1. The second-order valence-corrected chi connectivity index (χ2v) is 9.47. The van der Waals surface area contributed by atoms with Crippen LogP contribution in [0.15, 0.2) is 23.2 Å². The molecule has 0 atom stereocenters. The molecule has 1 aromatic carbocycles. The molecular formula is C19H33FIN5O2S. The van der Waals surface area contributed by atoms with Crippen molar-refractivity contribution in [1.82, 2.24) is 20.4 Å². The number of halogens is 2. The van der Waals surface area contributed by atoms with E-state index in [1.807, 2.05) is 0 Å². The van der Waals surface area contributed by atoms with E-state index in [0.29, 0.717) is 23.6 Å². The van der Waals surface area contributed by atoms with Crippen LogP contribution in [0, 0.1) is 5.82 Å². The first-order valence-electron chi connectivity index (χ1n) is 9.57. The van der Waals surface area contributed by atoms with E-state index < -0.39 is 9.84 Å². The summed E-state index contributed by atoms with van der Waals surface area (Å²) in [6, 6.07) is 4.18. The first-order valence-corrected chi connectivity index (χ1v) is 11.6. The van der Waals surface area contributed by atoms with Crippen LogP contribution in [0.4, 0.5) is 4.39 Å². The maximum Gasteiger partial charge on any atom is 0.191 e. The number of guanidine groups is 1. The summed E-state index contributed by atoms with van der Waals surface area (Å²) in [5, 5.41) is 6.42. The minimum absolute atomic E-state index is 0. The van der Waals surface area contributed by atoms with Gasteiger partial charge in [-0.3, -0.25) is 4.99 Å². The smallest absolute Gasteiger partial charge is 0.191 e. The molecule has 10 heteroatoms. The Morgan fingerprint density at radius 2 is 1.93 bits per heavy atom. The van der Waals surface area contributed by atoms with Gasteiger partial charge in [0.2, 0.25) is 0 Å². The van der Waals surface area contributed by atoms with Crippen molar-refractivity contribution < 1.29 is 12.8 Å². The second kappa shape index (κ2) is 12.7. The molecule has 1 heterocycles. The van der Waals surface area contributed by atoms with Gasteiger partial charge in [0.05, 0.1) is 5.75 Å². The molecule has 166 valence electrons. The normalized spacial score (nSPS) is 16.8. The maximum absolute atomic E-state index is 13.6. The Kier molecular flexibility index (Phi) is 11.4. The van der Waals surface area contributed by atoms with Crippen molar-refractivity contribution in [2.24, 2.45) is 4.99 Å². The maximum atomic E-state index is 13.6. The summed E-state index contributed by atoms with van der Waals surface area (Å²) in [6.07, 6.45) is 2.35. The number of hydrogen-bond donors (Lipinski definition) is 2. The van der Waals surface area contributed by atoms with Gasteiger partial charge in [0.25, 0.3) is 0 Å². The molecule has 1 saturated heterocycles. The van der Waals surface area contributed by atoms with Crippen LogP contribution in [0.25, 0.3) is 0 Å². The number of aliphatic imine (C=N–C) groups is 1. The van der Waals surface area contributed by atoms with Crippen LogP contribution in [-0.2, 0) is 22.1 Å². The zero-order valence-corrected chi connectivity index (χ0v) is 20.6. The highest BCUT2D eigenvalue weighted by Crippen LogP contribution is 2.14. The van der Waals surface area contributed by atoms with Crippen LogP contribution in [0.3, 0.4) is 0 Å². The number of nitrogens with one attached hydrogen (secondary N) is 2. The molecule has 0 aliphatic carbocycles. The van der Waals surface area contributed by atoms with Gasteiger partial charge in [-0.05, 0) is 49.8 Å². The monoisotopic (exact) mass is 541 g/mol. The van der Waals surface area contributed by atoms with Crippen LogP contribution in [0.1, 0.15) is 17.5 Å². The largest absolute Gasteiger partial charge is 0.355 e. The number of benzene rings is 1. The quantitative estimate of drug-likeness (QED) is 0.308. The van der Waals surface area contributed by atoms with Crippen LogP contribution < -0.4 is 10.6 Å². The molecule has 29 heavy (non-hydrogen) atoms. The lowest BCUT2D eigenvalue weighted by molar-refractivity contribution is 0.280. The summed E-state index contributed by atoms with van der Waals surface area (Å²) in [4.78, 5) is 8.98. The number of hydrogen-bond acceptors (Lipinski definition) is 5. The molecule has 0 unspecified atom stereocenters. The molecule has 1 aromatic rings. The van der Waals surface area contributed by atoms with Gasteiger partial charge in [-0.2, -0.15) is 0 Å². The minimum Gasteiger partial charge on any atom is -0.355 e. The first-order chi connectivity index (χ1) is 13.3. The van der Waals surface area contributed by atoms with Gasteiger partial charge in [-0.15, -0.1) is 24.0 Å². The Balaban J connectivity index is 0.00000420. The average Bonchev–Trinajstić information content (AvgIpc) is 2.83. The predicted molar refractivity (Wildman–Crippen MR) is 127 cm³/mol. The van der Waals surface area contributed by atoms with Crippen molar-refractivity contribution >= 4 is 39.8 Å². The molecule has 1 aliphatic rings. The summed E-state index contributed by atoms with van der Waals surface area (Å²) in [6.45, 7) is 6.35. The molecule has 1 fully saturated rings. The van der Waals surface area contributed by atoms with Crippen molar-refractivity contribution in [2.75, 3.05) is 59.6 Å². The van der Waals surface area contributed by atoms with E-state index in [4.69, 9.17) is 0 Å². The zero-order valence-electron chi connectivity index (χ0n) is 17.4. The van der Waals surface area contributed by atoms with Crippen molar-refractivity contribution in [1.29, 1.82) is 0 Å². The summed E-state index contributed by atoms with van der Waals surface area (Å²) < 4.78 is 36.8. The van der Waals surface area contributed by atoms with Crippen LogP contribution >= 0.6 is 24.0 Å². The highest BCUT2D eigenvalue weighted by molar-refractivity contribution is 14.0. The molecular weight excluding hydrogens is 508 g/mol. The fourth-order valence-corrected chi connectivity index (χ4v) is 4.08. The van der Waals surface area contributed by atoms with Gasteiger partial charge in [-0.1, -0.05) is 6.07 Å². The Bertz CT molecular complexity index is 776. The number of rotatable bonds is 7. The Morgan fingerprint density at radius 3 is 2.62 bits per heavy atom. The van der Waals surface area contributed by atoms with E-state index >= 15 is 0 Å². The Morgan fingerprint density at radius 1 is 1.17 bits per heavy atom. The van der Waals surface area contributed by atoms with E-state index in [1.165, 1.54) is 30.9 Å². The zero-order chi connectivity index (χ0) is 20.6. The molecule has 1 aliphatic heterocycles. The van der Waals surface area contributed by atoms with E-state index in [0.717, 1.165) is 39.3 Å². The molecule has 0 saturated carbocycles. The summed E-state index contributed by atoms with van der Waals surface area (Å²) >= 11 is 0. The van der Waals surface area contributed by atoms with Crippen molar-refractivity contribution in [3.8, 4) is 0 Å². The second-order valence-electron chi connectivity index (χ2n) is 7.33. The van der Waals surface area contributed by atoms with Crippen LogP contribution in [-0.4, -0.2) is 83.8 Å². The highest BCUT2D eigenvalue weighted by Gasteiger charge is 2.13. The van der Waals surface area contributed by atoms with Gasteiger partial charge in [-0.25, -0.2) is 12.8 Å². The number of sulfone groups is 1. The summed E-state index contributed by atoms with van der Waals surface area (Å²) in [5.74, 6) is 0.115. The minimum atomic E-state index is -3.20. The van der Waals surface area contributed by atoms with Crippen molar-refractivity contribution in [3.63, 3.8) is 0 Å². The fraction of sp³-hybridized carbons (Fsp3) is 0.632. The number of likely N-dealkylation sites (N-methyl/N-ethyl adjacent to an activating group) is 1. The van der Waals surface area contributed by atoms with Crippen LogP contribution in [0.2, 0.25) is 0 Å². The Labute approximate surface area is 191 Å². The molecule has 0 amide bonds. The molecule has 2 N–H and O–H groups in total. The highest BCUT2D eigenvalue weighted by atomic mass is 127. The molecule has 0 aromatic heterocycles. The van der Waals surface area contributed by atoms with Crippen molar-refractivity contribution in [2.45, 2.75) is 18.7 Å². The van der Waals surface area contributed by atoms with E-state index in [2.05, 4.69) is 32.5 Å². The predicted octanol–water partition coefficient (Wildman–Crippen LogP) is 1.29. The van der Waals surface area contributed by atoms with E-state index in [-0.39, 0.29) is 35.5 Å². The van der Waals surface area contributed by atoms with Gasteiger partial charge in [0.15, 0.2) is 15.8 Å². The van der Waals surface area contributed by atoms with E-state index in [9.17, 15) is 12.8 Å². The summed E-state index contributed by atoms with van der Waals surface area (Å²) in [7, 11) is 0.635. The molecule has 0 spiro atoms. The lowest BCUT2D eigenvalue weighted by Crippen LogP contribution is -2.42. The molecule has 7 nitrogen and oxygen atoms in total. The average molecular weight is 541 g/mol. The van der Waals surface area contributed by atoms with Gasteiger partial charge in [0, 0.05) is 46.0 Å². The SMILES string of the molecule is CN=C(NCCN1CCCN(C)CC1)NCc1cc(F)ccc1CS(C)(=O)=O.I. The first kappa shape index (κ1) is 26.1. The fourth-order valence-electron chi connectivity index (χ4n) is 3.24. The van der Waals surface area contributed by atoms with Gasteiger partial charge >= 0.3 is 0 Å². The van der Waals surface area contributed by atoms with Gasteiger partial charge < -0.3 is 20.4 Å². The molecule has 2 rings (SSSR count). The molecule has 0 bridgehead atoms. The third-order valence-corrected chi connectivity index (χ3v) is 5.62. The third-order valence-electron chi connectivity index (χ3n) is 4.79. The van der Waals surface area contributed by atoms with Gasteiger partial charge in [0.1, 0.15) is 5.82 Å². The van der Waals surface area contributed by atoms with E-state index in [1.54, 1.807) is 7.05 Å². The lowest BCUT2D eigenvalue weighted by Gasteiger charge is -2.21. The Hall–Kier alpha value is -0.980. The van der Waals surface area contributed by atoms with Crippen LogP contribution in [0.5, 0.6) is 0 Å². The summed E-state index contributed by atoms with van der Waals surface area (Å²) in [5.41, 5.74) is 1.21. The van der Waals surface area contributed by atoms with Crippen molar-refractivity contribution in [3.05, 3.63) is 35.1 Å². The number of nitrogens with zero attached hydrogens (tertiary/aromatic N) is 3. The topological polar surface area (TPSA) is 77.0 Å². The standard InChI is InChI=1S/C19H32FN5O2S.HI/c1-21-19(22-7-10-25-9-4-8-24(2)11-12-25)23-14-17-13-18(20)6-5-16(17)15-28(3,26)27;/h5-6,13H,4,7-12,14-15H2,1-3H3,(H2,21,22,23);1H. The third kappa shape index (κ3) is 10.1.